The van der Waals surface area contributed by atoms with E-state index >= 15 is 0 Å². The highest BCUT2D eigenvalue weighted by molar-refractivity contribution is 5.78. The zero-order valence-electron chi connectivity index (χ0n) is 13.7. The summed E-state index contributed by atoms with van der Waals surface area (Å²) in [5.41, 5.74) is 2.37. The first-order valence-corrected chi connectivity index (χ1v) is 7.79. The molecule has 22 heavy (non-hydrogen) atoms. The lowest BCUT2D eigenvalue weighted by Gasteiger charge is -2.38. The molecule has 5 heteroatoms. The number of hydrogen-bond donors (Lipinski definition) is 1. The lowest BCUT2D eigenvalue weighted by molar-refractivity contribution is -0.143. The summed E-state index contributed by atoms with van der Waals surface area (Å²) in [7, 11) is 1.65. The third-order valence-electron chi connectivity index (χ3n) is 4.05. The van der Waals surface area contributed by atoms with Gasteiger partial charge >= 0.3 is 0 Å². The fraction of sp³-hybridized carbons (Fsp3) is 0.588. The van der Waals surface area contributed by atoms with E-state index in [9.17, 15) is 4.79 Å². The van der Waals surface area contributed by atoms with Crippen LogP contribution in [0.3, 0.4) is 0 Å². The molecule has 1 heterocycles. The molecule has 122 valence electrons. The fourth-order valence-electron chi connectivity index (χ4n) is 2.71. The van der Waals surface area contributed by atoms with Gasteiger partial charge in [0, 0.05) is 13.7 Å². The summed E-state index contributed by atoms with van der Waals surface area (Å²) in [4.78, 5) is 14.3. The standard InChI is InChI=1S/C17H26N2O3/c1-13-6-4-5-7-15(13)16-11-19(14(2)12-22-16)17(20)10-18-8-9-21-3/h4-7,14,16,18H,8-12H2,1-3H3. The van der Waals surface area contributed by atoms with Gasteiger partial charge in [-0.05, 0) is 25.0 Å². The third-order valence-corrected chi connectivity index (χ3v) is 4.05. The Morgan fingerprint density at radius 1 is 1.45 bits per heavy atom. The number of carbonyl (C=O) groups is 1. The number of aryl methyl sites for hydroxylation is 1. The van der Waals surface area contributed by atoms with Crippen LogP contribution in [0, 0.1) is 6.92 Å². The summed E-state index contributed by atoms with van der Waals surface area (Å²) >= 11 is 0. The van der Waals surface area contributed by atoms with Crippen molar-refractivity contribution in [3.05, 3.63) is 35.4 Å². The van der Waals surface area contributed by atoms with Gasteiger partial charge in [-0.15, -0.1) is 0 Å². The predicted octanol–water partition coefficient (Wildman–Crippen LogP) is 1.52. The van der Waals surface area contributed by atoms with Crippen LogP contribution in [0.1, 0.15) is 24.2 Å². The maximum absolute atomic E-state index is 12.4. The maximum atomic E-state index is 12.4. The molecule has 0 aromatic heterocycles. The van der Waals surface area contributed by atoms with Crippen LogP contribution in [0.5, 0.6) is 0 Å². The number of rotatable bonds is 6. The predicted molar refractivity (Wildman–Crippen MR) is 85.8 cm³/mol. The minimum atomic E-state index is -0.0414. The van der Waals surface area contributed by atoms with E-state index < -0.39 is 0 Å². The first-order valence-electron chi connectivity index (χ1n) is 7.79. The second-order valence-electron chi connectivity index (χ2n) is 5.74. The Morgan fingerprint density at radius 2 is 2.23 bits per heavy atom. The summed E-state index contributed by atoms with van der Waals surface area (Å²) < 4.78 is 10.9. The minimum Gasteiger partial charge on any atom is -0.383 e. The van der Waals surface area contributed by atoms with E-state index in [1.165, 1.54) is 11.1 Å². The molecular formula is C17H26N2O3. The van der Waals surface area contributed by atoms with Gasteiger partial charge in [-0.25, -0.2) is 0 Å². The topological polar surface area (TPSA) is 50.8 Å². The molecule has 5 nitrogen and oxygen atoms in total. The van der Waals surface area contributed by atoms with Crippen molar-refractivity contribution in [2.75, 3.05) is 40.0 Å². The van der Waals surface area contributed by atoms with Crippen LogP contribution in [0.4, 0.5) is 0 Å². The van der Waals surface area contributed by atoms with E-state index in [0.717, 1.165) is 0 Å². The van der Waals surface area contributed by atoms with Gasteiger partial charge in [0.05, 0.1) is 32.3 Å². The number of ether oxygens (including phenoxy) is 2. The Labute approximate surface area is 132 Å². The van der Waals surface area contributed by atoms with Crippen LogP contribution < -0.4 is 5.32 Å². The van der Waals surface area contributed by atoms with Crippen LogP contribution in [-0.4, -0.2) is 56.8 Å². The average molecular weight is 306 g/mol. The van der Waals surface area contributed by atoms with Gasteiger partial charge < -0.3 is 19.7 Å². The van der Waals surface area contributed by atoms with E-state index in [4.69, 9.17) is 9.47 Å². The van der Waals surface area contributed by atoms with Gasteiger partial charge in [0.2, 0.25) is 5.91 Å². The molecule has 1 aliphatic rings. The molecule has 0 saturated carbocycles. The smallest absolute Gasteiger partial charge is 0.236 e. The Morgan fingerprint density at radius 3 is 2.95 bits per heavy atom. The van der Waals surface area contributed by atoms with Gasteiger partial charge in [-0.3, -0.25) is 4.79 Å². The zero-order valence-corrected chi connectivity index (χ0v) is 13.7. The van der Waals surface area contributed by atoms with Gasteiger partial charge in [0.15, 0.2) is 0 Å². The lowest BCUT2D eigenvalue weighted by Crippen LogP contribution is -2.51. The molecule has 0 radical (unpaired) electrons. The molecule has 2 rings (SSSR count). The largest absolute Gasteiger partial charge is 0.383 e. The van der Waals surface area contributed by atoms with Crippen molar-refractivity contribution in [1.29, 1.82) is 0 Å². The monoisotopic (exact) mass is 306 g/mol. The Hall–Kier alpha value is -1.43. The molecule has 1 N–H and O–H groups in total. The summed E-state index contributed by atoms with van der Waals surface area (Å²) in [5.74, 6) is 0.116. The third kappa shape index (κ3) is 4.29. The van der Waals surface area contributed by atoms with Crippen molar-refractivity contribution in [3.63, 3.8) is 0 Å². The summed E-state index contributed by atoms with van der Waals surface area (Å²) in [5, 5.41) is 3.11. The van der Waals surface area contributed by atoms with Crippen molar-refractivity contribution in [1.82, 2.24) is 10.2 Å². The van der Waals surface area contributed by atoms with Crippen molar-refractivity contribution in [3.8, 4) is 0 Å². The van der Waals surface area contributed by atoms with E-state index in [0.29, 0.717) is 32.8 Å². The van der Waals surface area contributed by atoms with Crippen molar-refractivity contribution >= 4 is 5.91 Å². The second kappa shape index (κ2) is 8.27. The number of nitrogens with one attached hydrogen (secondary N) is 1. The number of benzene rings is 1. The van der Waals surface area contributed by atoms with Crippen LogP contribution in [0.25, 0.3) is 0 Å². The molecule has 0 bridgehead atoms. The zero-order chi connectivity index (χ0) is 15.9. The first-order chi connectivity index (χ1) is 10.6. The number of amides is 1. The van der Waals surface area contributed by atoms with Crippen molar-refractivity contribution < 1.29 is 14.3 Å². The van der Waals surface area contributed by atoms with Crippen LogP contribution in [0.2, 0.25) is 0 Å². The molecule has 0 aliphatic carbocycles. The number of morpholine rings is 1. The Kier molecular flexibility index (Phi) is 6.36. The normalized spacial score (nSPS) is 21.9. The van der Waals surface area contributed by atoms with Crippen molar-refractivity contribution in [2.24, 2.45) is 0 Å². The molecule has 1 aromatic carbocycles. The van der Waals surface area contributed by atoms with Crippen LogP contribution >= 0.6 is 0 Å². The van der Waals surface area contributed by atoms with Crippen molar-refractivity contribution in [2.45, 2.75) is 26.0 Å². The number of nitrogens with zero attached hydrogens (tertiary/aromatic N) is 1. The molecule has 1 aromatic rings. The van der Waals surface area contributed by atoms with E-state index in [1.807, 2.05) is 24.0 Å². The maximum Gasteiger partial charge on any atom is 0.236 e. The molecule has 1 saturated heterocycles. The molecule has 0 spiro atoms. The van der Waals surface area contributed by atoms with E-state index in [2.05, 4.69) is 24.4 Å². The Balaban J connectivity index is 1.96. The average Bonchev–Trinajstić information content (AvgIpc) is 2.52. The van der Waals surface area contributed by atoms with Gasteiger partial charge in [0.1, 0.15) is 6.10 Å². The molecule has 2 atom stereocenters. The second-order valence-corrected chi connectivity index (χ2v) is 5.74. The SMILES string of the molecule is COCCNCC(=O)N1CC(c2ccccc2C)OCC1C. The molecular weight excluding hydrogens is 280 g/mol. The number of methoxy groups -OCH3 is 1. The highest BCUT2D eigenvalue weighted by Gasteiger charge is 2.30. The number of carbonyl (C=O) groups excluding carboxylic acids is 1. The quantitative estimate of drug-likeness (QED) is 0.810. The Bertz CT molecular complexity index is 493. The van der Waals surface area contributed by atoms with E-state index in [-0.39, 0.29) is 18.1 Å². The van der Waals surface area contributed by atoms with Crippen LogP contribution in [-0.2, 0) is 14.3 Å². The first kappa shape index (κ1) is 16.9. The van der Waals surface area contributed by atoms with Gasteiger partial charge in [-0.1, -0.05) is 24.3 Å². The lowest BCUT2D eigenvalue weighted by atomic mass is 10.0. The van der Waals surface area contributed by atoms with Crippen LogP contribution in [0.15, 0.2) is 24.3 Å². The highest BCUT2D eigenvalue weighted by Crippen LogP contribution is 2.27. The van der Waals surface area contributed by atoms with E-state index in [1.54, 1.807) is 7.11 Å². The molecule has 1 aliphatic heterocycles. The summed E-state index contributed by atoms with van der Waals surface area (Å²) in [6.45, 7) is 6.92. The number of hydrogen-bond acceptors (Lipinski definition) is 4. The summed E-state index contributed by atoms with van der Waals surface area (Å²) in [6.07, 6.45) is -0.0414. The van der Waals surface area contributed by atoms with Gasteiger partial charge in [0.25, 0.3) is 0 Å². The molecule has 1 amide bonds. The fourth-order valence-corrected chi connectivity index (χ4v) is 2.71. The molecule has 1 fully saturated rings. The molecule has 2 unspecified atom stereocenters. The minimum absolute atomic E-state index is 0.0414. The van der Waals surface area contributed by atoms with Gasteiger partial charge in [-0.2, -0.15) is 0 Å². The summed E-state index contributed by atoms with van der Waals surface area (Å²) in [6, 6.07) is 8.30. The highest BCUT2D eigenvalue weighted by atomic mass is 16.5.